The summed E-state index contributed by atoms with van der Waals surface area (Å²) in [5.41, 5.74) is 7.79. The Morgan fingerprint density at radius 1 is 0.872 bits per heavy atom. The summed E-state index contributed by atoms with van der Waals surface area (Å²) in [5.74, 6) is 2.26. The molecule has 5 heteroatoms. The number of methoxy groups -OCH3 is 2. The van der Waals surface area contributed by atoms with Gasteiger partial charge in [-0.1, -0.05) is 43.7 Å². The smallest absolute Gasteiger partial charge is 0.162 e. The molecule has 1 atom stereocenters. The maximum Gasteiger partial charge on any atom is 0.162 e. The fourth-order valence-corrected chi connectivity index (χ4v) is 5.64. The molecule has 0 radical (unpaired) electrons. The lowest BCUT2D eigenvalue weighted by Gasteiger charge is -2.28. The summed E-state index contributed by atoms with van der Waals surface area (Å²) >= 11 is 0. The third-order valence-electron chi connectivity index (χ3n) is 8.07. The second kappa shape index (κ2) is 14.3. The minimum atomic E-state index is 0.352. The lowest BCUT2D eigenvalue weighted by molar-refractivity contribution is 0.332. The van der Waals surface area contributed by atoms with Gasteiger partial charge in [0.1, 0.15) is 5.75 Å². The topological polar surface area (TPSA) is 54.0 Å². The summed E-state index contributed by atoms with van der Waals surface area (Å²) < 4.78 is 11.3. The van der Waals surface area contributed by atoms with Crippen molar-refractivity contribution in [3.05, 3.63) is 82.4 Å². The van der Waals surface area contributed by atoms with Gasteiger partial charge in [-0.2, -0.15) is 0 Å². The van der Waals surface area contributed by atoms with Crippen molar-refractivity contribution >= 4 is 5.69 Å². The Morgan fingerprint density at radius 2 is 1.59 bits per heavy atom. The summed E-state index contributed by atoms with van der Waals surface area (Å²) in [6.07, 6.45) is 8.70. The molecule has 4 rings (SSSR count). The Kier molecular flexibility index (Phi) is 10.5. The van der Waals surface area contributed by atoms with Crippen molar-refractivity contribution in [3.8, 4) is 17.2 Å². The number of nitrogens with one attached hydrogen (secondary N) is 1. The van der Waals surface area contributed by atoms with Gasteiger partial charge in [-0.15, -0.1) is 0 Å². The van der Waals surface area contributed by atoms with E-state index in [0.29, 0.717) is 11.7 Å². The number of phenolic OH excluding ortho intramolecular Hbond substituents is 1. The van der Waals surface area contributed by atoms with Crippen LogP contribution in [-0.4, -0.2) is 50.9 Å². The molecule has 0 fully saturated rings. The van der Waals surface area contributed by atoms with Crippen molar-refractivity contribution < 1.29 is 14.6 Å². The molecule has 0 heterocycles. The number of hydrogen-bond acceptors (Lipinski definition) is 5. The molecule has 0 saturated carbocycles. The number of likely N-dealkylation sites (N-methyl/N-ethyl adjacent to an activating group) is 1. The van der Waals surface area contributed by atoms with Crippen LogP contribution in [0.1, 0.15) is 66.3 Å². The van der Waals surface area contributed by atoms with Gasteiger partial charge in [-0.25, -0.2) is 0 Å². The van der Waals surface area contributed by atoms with Crippen LogP contribution in [0.15, 0.2) is 54.6 Å². The van der Waals surface area contributed by atoms with Crippen LogP contribution in [0.5, 0.6) is 17.2 Å². The number of fused-ring (bicyclic) bond motifs is 1. The maximum atomic E-state index is 9.89. The Labute approximate surface area is 235 Å². The average Bonchev–Trinajstić information content (AvgIpc) is 2.97. The molecule has 0 spiro atoms. The summed E-state index contributed by atoms with van der Waals surface area (Å²) in [5, 5.41) is 13.6. The van der Waals surface area contributed by atoms with Gasteiger partial charge in [-0.05, 0) is 110 Å². The normalized spacial score (nSPS) is 14.7. The minimum Gasteiger partial charge on any atom is -0.508 e. The quantitative estimate of drug-likeness (QED) is 0.220. The van der Waals surface area contributed by atoms with Gasteiger partial charge in [0.15, 0.2) is 11.5 Å². The van der Waals surface area contributed by atoms with Crippen LogP contribution in [0, 0.1) is 0 Å². The molecule has 0 aliphatic heterocycles. The Balaban J connectivity index is 1.35. The minimum absolute atomic E-state index is 0.352. The van der Waals surface area contributed by atoms with Gasteiger partial charge in [0, 0.05) is 24.8 Å². The highest BCUT2D eigenvalue weighted by Gasteiger charge is 2.24. The largest absolute Gasteiger partial charge is 0.508 e. The van der Waals surface area contributed by atoms with Crippen molar-refractivity contribution in [2.45, 2.75) is 64.2 Å². The lowest BCUT2D eigenvalue weighted by atomic mass is 9.79. The van der Waals surface area contributed by atoms with Crippen molar-refractivity contribution in [3.63, 3.8) is 0 Å². The van der Waals surface area contributed by atoms with Gasteiger partial charge >= 0.3 is 0 Å². The number of hydrogen-bond donors (Lipinski definition) is 2. The third-order valence-corrected chi connectivity index (χ3v) is 8.07. The van der Waals surface area contributed by atoms with Crippen molar-refractivity contribution in [1.82, 2.24) is 4.90 Å². The zero-order valence-electron chi connectivity index (χ0n) is 24.3. The van der Waals surface area contributed by atoms with E-state index in [2.05, 4.69) is 66.7 Å². The van der Waals surface area contributed by atoms with Gasteiger partial charge < -0.3 is 24.8 Å². The molecule has 0 aromatic heterocycles. The monoisotopic (exact) mass is 530 g/mol. The van der Waals surface area contributed by atoms with E-state index in [4.69, 9.17) is 9.47 Å². The SMILES string of the molecule is CCCCN(C)CCc1ccc(CCCNc2cc(OC)c(OC)cc2C2CCc3cc(O)ccc3C2)cc1. The van der Waals surface area contributed by atoms with Gasteiger partial charge in [0.2, 0.25) is 0 Å². The second-order valence-corrected chi connectivity index (χ2v) is 10.9. The molecular weight excluding hydrogens is 484 g/mol. The zero-order chi connectivity index (χ0) is 27.6. The van der Waals surface area contributed by atoms with Crippen LogP contribution < -0.4 is 14.8 Å². The van der Waals surface area contributed by atoms with E-state index < -0.39 is 0 Å². The number of benzene rings is 3. The number of rotatable bonds is 14. The molecule has 1 unspecified atom stereocenters. The first kappa shape index (κ1) is 28.8. The van der Waals surface area contributed by atoms with Crippen LogP contribution in [0.25, 0.3) is 0 Å². The van der Waals surface area contributed by atoms with E-state index >= 15 is 0 Å². The van der Waals surface area contributed by atoms with Crippen LogP contribution in [0.4, 0.5) is 5.69 Å². The molecule has 39 heavy (non-hydrogen) atoms. The number of nitrogens with zero attached hydrogens (tertiary/aromatic N) is 1. The third kappa shape index (κ3) is 7.92. The van der Waals surface area contributed by atoms with E-state index in [1.807, 2.05) is 6.07 Å². The van der Waals surface area contributed by atoms with Gasteiger partial charge in [0.25, 0.3) is 0 Å². The summed E-state index contributed by atoms with van der Waals surface area (Å²) in [7, 11) is 5.61. The average molecular weight is 531 g/mol. The number of aryl methyl sites for hydroxylation is 2. The maximum absolute atomic E-state index is 9.89. The zero-order valence-corrected chi connectivity index (χ0v) is 24.3. The molecule has 0 saturated heterocycles. The van der Waals surface area contributed by atoms with E-state index in [1.54, 1.807) is 20.3 Å². The number of anilines is 1. The standard InChI is InChI=1S/C34H46N2O3/c1-5-6-19-36(2)20-17-26-11-9-25(10-12-26)8-7-18-35-32-24-34(39-4)33(38-3)23-31(32)29-14-13-28-22-30(37)16-15-27(28)21-29/h9-12,15-16,22-24,29,35,37H,5-8,13-14,17-21H2,1-4H3. The van der Waals surface area contributed by atoms with E-state index in [9.17, 15) is 5.11 Å². The predicted octanol–water partition coefficient (Wildman–Crippen LogP) is 7.00. The molecule has 210 valence electrons. The Bertz CT molecular complexity index is 1190. The fourth-order valence-electron chi connectivity index (χ4n) is 5.64. The van der Waals surface area contributed by atoms with Crippen LogP contribution in [0.2, 0.25) is 0 Å². The van der Waals surface area contributed by atoms with Gasteiger partial charge in [0.05, 0.1) is 14.2 Å². The fraction of sp³-hybridized carbons (Fsp3) is 0.471. The lowest BCUT2D eigenvalue weighted by Crippen LogP contribution is -2.22. The van der Waals surface area contributed by atoms with Crippen LogP contribution >= 0.6 is 0 Å². The van der Waals surface area contributed by atoms with Crippen molar-refractivity contribution in [2.24, 2.45) is 0 Å². The van der Waals surface area contributed by atoms with E-state index in [-0.39, 0.29) is 0 Å². The molecule has 3 aromatic carbocycles. The van der Waals surface area contributed by atoms with Crippen LogP contribution in [0.3, 0.4) is 0 Å². The van der Waals surface area contributed by atoms with Crippen molar-refractivity contribution in [2.75, 3.05) is 46.2 Å². The first-order valence-corrected chi connectivity index (χ1v) is 14.6. The summed E-state index contributed by atoms with van der Waals surface area (Å²) in [4.78, 5) is 2.43. The number of ether oxygens (including phenoxy) is 2. The molecule has 5 nitrogen and oxygen atoms in total. The van der Waals surface area contributed by atoms with Crippen LogP contribution in [-0.2, 0) is 25.7 Å². The van der Waals surface area contributed by atoms with E-state index in [1.165, 1.54) is 47.2 Å². The molecule has 1 aliphatic rings. The summed E-state index contributed by atoms with van der Waals surface area (Å²) in [6.45, 7) is 5.44. The molecule has 0 bridgehead atoms. The molecule has 0 amide bonds. The van der Waals surface area contributed by atoms with Crippen molar-refractivity contribution in [1.29, 1.82) is 0 Å². The number of aromatic hydroxyl groups is 1. The molecule has 3 aromatic rings. The van der Waals surface area contributed by atoms with Gasteiger partial charge in [-0.3, -0.25) is 0 Å². The highest BCUT2D eigenvalue weighted by Crippen LogP contribution is 2.42. The first-order valence-electron chi connectivity index (χ1n) is 14.6. The highest BCUT2D eigenvalue weighted by molar-refractivity contribution is 5.62. The molecule has 2 N–H and O–H groups in total. The predicted molar refractivity (Wildman–Crippen MR) is 162 cm³/mol. The van der Waals surface area contributed by atoms with E-state index in [0.717, 1.165) is 68.8 Å². The Hall–Kier alpha value is -3.18. The summed E-state index contributed by atoms with van der Waals surface area (Å²) in [6, 6.07) is 19.2. The molecular formula is C34H46N2O3. The first-order chi connectivity index (χ1) is 19.0. The molecule has 1 aliphatic carbocycles. The number of phenols is 1. The number of unbranched alkanes of at least 4 members (excludes halogenated alkanes) is 1. The second-order valence-electron chi connectivity index (χ2n) is 10.9. The highest BCUT2D eigenvalue weighted by atomic mass is 16.5. The Morgan fingerprint density at radius 3 is 2.31 bits per heavy atom.